The molecule has 4 heteroatoms. The van der Waals surface area contributed by atoms with Crippen LogP contribution in [0.1, 0.15) is 33.1 Å². The zero-order valence-electron chi connectivity index (χ0n) is 12.0. The number of ether oxygens (including phenoxy) is 1. The Kier molecular flexibility index (Phi) is 6.36. The fourth-order valence-electron chi connectivity index (χ4n) is 1.84. The first-order chi connectivity index (χ1) is 9.02. The van der Waals surface area contributed by atoms with E-state index < -0.39 is 0 Å². The molecule has 1 amide bonds. The molecule has 0 saturated heterocycles. The minimum atomic E-state index is -0.00930. The van der Waals surface area contributed by atoms with Gasteiger partial charge in [0.1, 0.15) is 5.75 Å². The Morgan fingerprint density at radius 2 is 2.11 bits per heavy atom. The molecule has 0 aliphatic carbocycles. The van der Waals surface area contributed by atoms with Gasteiger partial charge in [0.05, 0.1) is 7.11 Å². The van der Waals surface area contributed by atoms with E-state index in [0.717, 1.165) is 30.7 Å². The van der Waals surface area contributed by atoms with E-state index in [4.69, 9.17) is 10.5 Å². The SMILES string of the molecule is COc1cccc(NC(=O)C(C)CCCC(C)N)c1. The maximum absolute atomic E-state index is 12.0. The molecule has 0 bridgehead atoms. The number of hydrogen-bond acceptors (Lipinski definition) is 3. The van der Waals surface area contributed by atoms with Crippen LogP contribution in [0.25, 0.3) is 0 Å². The number of hydrogen-bond donors (Lipinski definition) is 2. The van der Waals surface area contributed by atoms with Crippen LogP contribution in [0.2, 0.25) is 0 Å². The molecule has 1 aromatic carbocycles. The first-order valence-corrected chi connectivity index (χ1v) is 6.73. The smallest absolute Gasteiger partial charge is 0.227 e. The van der Waals surface area contributed by atoms with E-state index >= 15 is 0 Å². The fraction of sp³-hybridized carbons (Fsp3) is 0.533. The van der Waals surface area contributed by atoms with Gasteiger partial charge in [0, 0.05) is 23.7 Å². The average Bonchev–Trinajstić information content (AvgIpc) is 2.38. The molecule has 0 heterocycles. The normalized spacial score (nSPS) is 13.7. The molecule has 2 unspecified atom stereocenters. The molecule has 0 fully saturated rings. The first-order valence-electron chi connectivity index (χ1n) is 6.73. The molecule has 0 aromatic heterocycles. The lowest BCUT2D eigenvalue weighted by Crippen LogP contribution is -2.21. The van der Waals surface area contributed by atoms with Gasteiger partial charge < -0.3 is 15.8 Å². The Morgan fingerprint density at radius 1 is 1.37 bits per heavy atom. The van der Waals surface area contributed by atoms with Gasteiger partial charge >= 0.3 is 0 Å². The molecule has 4 nitrogen and oxygen atoms in total. The lowest BCUT2D eigenvalue weighted by Gasteiger charge is -2.13. The summed E-state index contributed by atoms with van der Waals surface area (Å²) in [6, 6.07) is 7.58. The van der Waals surface area contributed by atoms with Crippen molar-refractivity contribution in [2.45, 2.75) is 39.2 Å². The molecule has 0 aliphatic rings. The Labute approximate surface area is 115 Å². The minimum absolute atomic E-state index is 0.00930. The van der Waals surface area contributed by atoms with Crippen molar-refractivity contribution in [2.75, 3.05) is 12.4 Å². The molecule has 0 saturated carbocycles. The number of anilines is 1. The molecular weight excluding hydrogens is 240 g/mol. The van der Waals surface area contributed by atoms with Crippen molar-refractivity contribution >= 4 is 11.6 Å². The summed E-state index contributed by atoms with van der Waals surface area (Å²) < 4.78 is 5.12. The molecule has 1 aromatic rings. The second kappa shape index (κ2) is 7.79. The van der Waals surface area contributed by atoms with Gasteiger partial charge in [-0.2, -0.15) is 0 Å². The van der Waals surface area contributed by atoms with Crippen LogP contribution < -0.4 is 15.8 Å². The van der Waals surface area contributed by atoms with Crippen molar-refractivity contribution in [1.29, 1.82) is 0 Å². The van der Waals surface area contributed by atoms with Gasteiger partial charge in [-0.05, 0) is 31.9 Å². The van der Waals surface area contributed by atoms with Crippen molar-refractivity contribution in [2.24, 2.45) is 11.7 Å². The molecule has 19 heavy (non-hydrogen) atoms. The van der Waals surface area contributed by atoms with Crippen LogP contribution >= 0.6 is 0 Å². The van der Waals surface area contributed by atoms with Crippen molar-refractivity contribution in [3.05, 3.63) is 24.3 Å². The highest BCUT2D eigenvalue weighted by atomic mass is 16.5. The fourth-order valence-corrected chi connectivity index (χ4v) is 1.84. The molecular formula is C15H24N2O2. The number of nitrogens with one attached hydrogen (secondary N) is 1. The maximum Gasteiger partial charge on any atom is 0.227 e. The van der Waals surface area contributed by atoms with Crippen LogP contribution in [0.4, 0.5) is 5.69 Å². The van der Waals surface area contributed by atoms with Crippen molar-refractivity contribution in [3.8, 4) is 5.75 Å². The monoisotopic (exact) mass is 264 g/mol. The third-order valence-electron chi connectivity index (χ3n) is 3.08. The number of carbonyl (C=O) groups is 1. The van der Waals surface area contributed by atoms with Gasteiger partial charge in [0.15, 0.2) is 0 Å². The van der Waals surface area contributed by atoms with Gasteiger partial charge in [0.25, 0.3) is 0 Å². The molecule has 0 aliphatic heterocycles. The highest BCUT2D eigenvalue weighted by Gasteiger charge is 2.13. The van der Waals surface area contributed by atoms with Crippen LogP contribution in [0.15, 0.2) is 24.3 Å². The van der Waals surface area contributed by atoms with Crippen LogP contribution in [0.5, 0.6) is 5.75 Å². The predicted molar refractivity (Wildman–Crippen MR) is 78.3 cm³/mol. The summed E-state index contributed by atoms with van der Waals surface area (Å²) in [7, 11) is 1.61. The standard InChI is InChI=1S/C15H24N2O2/c1-11(6-4-7-12(2)16)15(18)17-13-8-5-9-14(10-13)19-3/h5,8-12H,4,6-7,16H2,1-3H3,(H,17,18). The van der Waals surface area contributed by atoms with Crippen LogP contribution in [-0.2, 0) is 4.79 Å². The minimum Gasteiger partial charge on any atom is -0.497 e. The zero-order valence-corrected chi connectivity index (χ0v) is 12.0. The Hall–Kier alpha value is -1.55. The topological polar surface area (TPSA) is 64.3 Å². The van der Waals surface area contributed by atoms with Crippen molar-refractivity contribution in [1.82, 2.24) is 0 Å². The number of carbonyl (C=O) groups excluding carboxylic acids is 1. The van der Waals surface area contributed by atoms with E-state index in [0.29, 0.717) is 0 Å². The molecule has 2 atom stereocenters. The maximum atomic E-state index is 12.0. The molecule has 106 valence electrons. The summed E-state index contributed by atoms with van der Waals surface area (Å²) >= 11 is 0. The summed E-state index contributed by atoms with van der Waals surface area (Å²) in [5.41, 5.74) is 6.46. The van der Waals surface area contributed by atoms with E-state index in [1.165, 1.54) is 0 Å². The lowest BCUT2D eigenvalue weighted by molar-refractivity contribution is -0.119. The van der Waals surface area contributed by atoms with E-state index in [2.05, 4.69) is 5.32 Å². The molecule has 0 radical (unpaired) electrons. The van der Waals surface area contributed by atoms with Crippen molar-refractivity contribution < 1.29 is 9.53 Å². The highest BCUT2D eigenvalue weighted by Crippen LogP contribution is 2.18. The molecule has 0 spiro atoms. The Balaban J connectivity index is 2.44. The second-order valence-corrected chi connectivity index (χ2v) is 5.03. The zero-order chi connectivity index (χ0) is 14.3. The molecule has 3 N–H and O–H groups in total. The quantitative estimate of drug-likeness (QED) is 0.796. The Bertz CT molecular complexity index is 405. The lowest BCUT2D eigenvalue weighted by atomic mass is 10.0. The van der Waals surface area contributed by atoms with Crippen LogP contribution in [0.3, 0.4) is 0 Å². The summed E-state index contributed by atoms with van der Waals surface area (Å²) in [5, 5.41) is 2.90. The van der Waals surface area contributed by atoms with E-state index in [-0.39, 0.29) is 17.9 Å². The van der Waals surface area contributed by atoms with Gasteiger partial charge in [0.2, 0.25) is 5.91 Å². The van der Waals surface area contributed by atoms with Crippen LogP contribution in [-0.4, -0.2) is 19.1 Å². The average molecular weight is 264 g/mol. The summed E-state index contributed by atoms with van der Waals surface area (Å²) in [4.78, 5) is 12.0. The van der Waals surface area contributed by atoms with E-state index in [9.17, 15) is 4.79 Å². The first kappa shape index (κ1) is 15.5. The largest absolute Gasteiger partial charge is 0.497 e. The number of amides is 1. The third-order valence-corrected chi connectivity index (χ3v) is 3.08. The van der Waals surface area contributed by atoms with Gasteiger partial charge in [-0.25, -0.2) is 0 Å². The summed E-state index contributed by atoms with van der Waals surface area (Å²) in [6.45, 7) is 3.93. The third kappa shape index (κ3) is 5.75. The van der Waals surface area contributed by atoms with Crippen molar-refractivity contribution in [3.63, 3.8) is 0 Å². The molecule has 1 rings (SSSR count). The second-order valence-electron chi connectivity index (χ2n) is 5.03. The van der Waals surface area contributed by atoms with Gasteiger partial charge in [-0.1, -0.05) is 19.4 Å². The number of rotatable bonds is 7. The number of nitrogens with two attached hydrogens (primary N) is 1. The number of methoxy groups -OCH3 is 1. The van der Waals surface area contributed by atoms with Crippen LogP contribution in [0, 0.1) is 5.92 Å². The number of benzene rings is 1. The Morgan fingerprint density at radius 3 is 2.74 bits per heavy atom. The predicted octanol–water partition coefficient (Wildman–Crippen LogP) is 2.79. The van der Waals surface area contributed by atoms with E-state index in [1.807, 2.05) is 38.1 Å². The summed E-state index contributed by atoms with van der Waals surface area (Å²) in [5.74, 6) is 0.769. The highest BCUT2D eigenvalue weighted by molar-refractivity contribution is 5.92. The van der Waals surface area contributed by atoms with Gasteiger partial charge in [-0.15, -0.1) is 0 Å². The van der Waals surface area contributed by atoms with Gasteiger partial charge in [-0.3, -0.25) is 4.79 Å². The summed E-state index contributed by atoms with van der Waals surface area (Å²) in [6.07, 6.45) is 2.79. The van der Waals surface area contributed by atoms with E-state index in [1.54, 1.807) is 7.11 Å².